The third-order valence-corrected chi connectivity index (χ3v) is 8.58. The molecule has 1 aliphatic heterocycles. The number of hydrogen-bond acceptors (Lipinski definition) is 10. The Morgan fingerprint density at radius 3 is 2.41 bits per heavy atom. The van der Waals surface area contributed by atoms with Gasteiger partial charge < -0.3 is 34.5 Å². The molecule has 3 amide bonds. The van der Waals surface area contributed by atoms with E-state index in [1.54, 1.807) is 62.1 Å². The molecule has 234 valence electrons. The smallest absolute Gasteiger partial charge is 0.410 e. The SMILES string of the molecule is COC(=O)c1c(NC(=O)CSc2cccc(NC(=O)c3ccc(OC)c(OC)c3)c2)sc2c1CCN(C(=O)OC(C)(C)C)C2. The summed E-state index contributed by atoms with van der Waals surface area (Å²) in [5.74, 6) is -0.173. The van der Waals surface area contributed by atoms with Gasteiger partial charge in [-0.15, -0.1) is 23.1 Å². The third kappa shape index (κ3) is 8.03. The number of rotatable bonds is 9. The Hall–Kier alpha value is -4.23. The fraction of sp³-hybridized carbons (Fsp3) is 0.355. The van der Waals surface area contributed by atoms with Crippen molar-refractivity contribution in [1.29, 1.82) is 0 Å². The van der Waals surface area contributed by atoms with Crippen LogP contribution in [-0.2, 0) is 27.2 Å². The molecule has 2 heterocycles. The zero-order chi connectivity index (χ0) is 32.0. The molecule has 0 saturated heterocycles. The standard InChI is InChI=1S/C31H35N3O8S2/c1-31(2,3)42-30(38)34-13-12-21-24(16-34)44-28(26(21)29(37)41-6)33-25(35)17-43-20-9-7-8-19(15-20)32-27(36)18-10-11-22(39-4)23(14-18)40-5/h7-11,14-15H,12-13,16-17H2,1-6H3,(H,32,36)(H,33,35). The molecule has 0 saturated carbocycles. The highest BCUT2D eigenvalue weighted by Crippen LogP contribution is 2.38. The summed E-state index contributed by atoms with van der Waals surface area (Å²) in [6, 6.07) is 12.0. The summed E-state index contributed by atoms with van der Waals surface area (Å²) in [5.41, 5.74) is 1.41. The van der Waals surface area contributed by atoms with Crippen LogP contribution in [0.1, 0.15) is 51.9 Å². The number of hydrogen-bond donors (Lipinski definition) is 2. The van der Waals surface area contributed by atoms with E-state index < -0.39 is 17.7 Å². The molecule has 0 fully saturated rings. The molecule has 44 heavy (non-hydrogen) atoms. The highest BCUT2D eigenvalue weighted by molar-refractivity contribution is 8.00. The largest absolute Gasteiger partial charge is 0.493 e. The van der Waals surface area contributed by atoms with Gasteiger partial charge in [0, 0.05) is 27.6 Å². The summed E-state index contributed by atoms with van der Waals surface area (Å²) in [4.78, 5) is 54.3. The van der Waals surface area contributed by atoms with Gasteiger partial charge in [0.15, 0.2) is 11.5 Å². The van der Waals surface area contributed by atoms with Gasteiger partial charge >= 0.3 is 12.1 Å². The van der Waals surface area contributed by atoms with Crippen molar-refractivity contribution in [1.82, 2.24) is 4.90 Å². The number of carbonyl (C=O) groups is 4. The van der Waals surface area contributed by atoms with Gasteiger partial charge in [0.2, 0.25) is 5.91 Å². The Kier molecular flexibility index (Phi) is 10.4. The van der Waals surface area contributed by atoms with Crippen LogP contribution < -0.4 is 20.1 Å². The number of thioether (sulfide) groups is 1. The maximum atomic E-state index is 13.0. The Bertz CT molecular complexity index is 1560. The monoisotopic (exact) mass is 641 g/mol. The first-order chi connectivity index (χ1) is 20.9. The van der Waals surface area contributed by atoms with E-state index in [0.29, 0.717) is 46.3 Å². The second-order valence-corrected chi connectivity index (χ2v) is 12.9. The molecule has 4 rings (SSSR count). The lowest BCUT2D eigenvalue weighted by Crippen LogP contribution is -2.39. The van der Waals surface area contributed by atoms with Crippen molar-refractivity contribution in [3.05, 3.63) is 64.0 Å². The summed E-state index contributed by atoms with van der Waals surface area (Å²) in [7, 11) is 4.31. The minimum atomic E-state index is -0.628. The number of carbonyl (C=O) groups excluding carboxylic acids is 4. The second-order valence-electron chi connectivity index (χ2n) is 10.7. The van der Waals surface area contributed by atoms with E-state index in [1.807, 2.05) is 6.07 Å². The summed E-state index contributed by atoms with van der Waals surface area (Å²) >= 11 is 2.53. The average molecular weight is 642 g/mol. The molecular weight excluding hydrogens is 606 g/mol. The van der Waals surface area contributed by atoms with Crippen molar-refractivity contribution in [3.8, 4) is 11.5 Å². The van der Waals surface area contributed by atoms with Gasteiger partial charge in [-0.1, -0.05) is 6.07 Å². The summed E-state index contributed by atoms with van der Waals surface area (Å²) in [6.45, 7) is 6.06. The lowest BCUT2D eigenvalue weighted by molar-refractivity contribution is -0.113. The number of thiophene rings is 1. The molecule has 0 atom stereocenters. The number of nitrogens with zero attached hydrogens (tertiary/aromatic N) is 1. The van der Waals surface area contributed by atoms with E-state index in [2.05, 4.69) is 10.6 Å². The van der Waals surface area contributed by atoms with Crippen LogP contribution >= 0.6 is 23.1 Å². The molecule has 2 aromatic carbocycles. The van der Waals surface area contributed by atoms with E-state index in [-0.39, 0.29) is 24.1 Å². The molecule has 0 bridgehead atoms. The van der Waals surface area contributed by atoms with E-state index in [4.69, 9.17) is 18.9 Å². The first-order valence-corrected chi connectivity index (χ1v) is 15.5. The topological polar surface area (TPSA) is 132 Å². The first kappa shape index (κ1) is 32.7. The van der Waals surface area contributed by atoms with Crippen LogP contribution in [0.5, 0.6) is 11.5 Å². The summed E-state index contributed by atoms with van der Waals surface area (Å²) in [6.07, 6.45) is 0.00221. The molecule has 1 aromatic heterocycles. The normalized spacial score (nSPS) is 12.5. The Morgan fingerprint density at radius 1 is 0.977 bits per heavy atom. The number of fused-ring (bicyclic) bond motifs is 1. The van der Waals surface area contributed by atoms with Crippen LogP contribution in [-0.4, -0.2) is 68.0 Å². The van der Waals surface area contributed by atoms with Crippen molar-refractivity contribution in [2.24, 2.45) is 0 Å². The number of methoxy groups -OCH3 is 3. The Balaban J connectivity index is 1.40. The van der Waals surface area contributed by atoms with Gasteiger partial charge in [0.25, 0.3) is 5.91 Å². The Morgan fingerprint density at radius 2 is 1.73 bits per heavy atom. The lowest BCUT2D eigenvalue weighted by atomic mass is 10.0. The second kappa shape index (κ2) is 14.0. The quantitative estimate of drug-likeness (QED) is 0.219. The van der Waals surface area contributed by atoms with Crippen LogP contribution in [0.3, 0.4) is 0 Å². The zero-order valence-corrected chi connectivity index (χ0v) is 27.0. The fourth-order valence-corrected chi connectivity index (χ4v) is 6.47. The molecule has 0 aliphatic carbocycles. The van der Waals surface area contributed by atoms with E-state index in [0.717, 1.165) is 15.3 Å². The number of anilines is 2. The fourth-order valence-electron chi connectivity index (χ4n) is 4.45. The number of esters is 1. The molecule has 3 aromatic rings. The minimum Gasteiger partial charge on any atom is -0.493 e. The van der Waals surface area contributed by atoms with Gasteiger partial charge in [0.1, 0.15) is 10.6 Å². The first-order valence-electron chi connectivity index (χ1n) is 13.7. The van der Waals surface area contributed by atoms with Gasteiger partial charge in [0.05, 0.1) is 39.2 Å². The number of ether oxygens (including phenoxy) is 4. The van der Waals surface area contributed by atoms with Crippen LogP contribution in [0, 0.1) is 0 Å². The van der Waals surface area contributed by atoms with Crippen LogP contribution in [0.15, 0.2) is 47.4 Å². The van der Waals surface area contributed by atoms with E-state index in [1.165, 1.54) is 44.4 Å². The average Bonchev–Trinajstić information content (AvgIpc) is 3.35. The van der Waals surface area contributed by atoms with Crippen molar-refractivity contribution >= 4 is 57.7 Å². The molecular formula is C31H35N3O8S2. The molecule has 11 nitrogen and oxygen atoms in total. The van der Waals surface area contributed by atoms with Gasteiger partial charge in [-0.25, -0.2) is 9.59 Å². The molecule has 0 radical (unpaired) electrons. The molecule has 0 spiro atoms. The van der Waals surface area contributed by atoms with Crippen molar-refractivity contribution in [3.63, 3.8) is 0 Å². The van der Waals surface area contributed by atoms with Crippen LogP contribution in [0.4, 0.5) is 15.5 Å². The van der Waals surface area contributed by atoms with E-state index >= 15 is 0 Å². The number of amides is 3. The lowest BCUT2D eigenvalue weighted by Gasteiger charge is -2.30. The third-order valence-electron chi connectivity index (χ3n) is 6.46. The van der Waals surface area contributed by atoms with Crippen molar-refractivity contribution in [2.45, 2.75) is 44.2 Å². The maximum absolute atomic E-state index is 13.0. The van der Waals surface area contributed by atoms with E-state index in [9.17, 15) is 19.2 Å². The van der Waals surface area contributed by atoms with Crippen molar-refractivity contribution < 1.29 is 38.1 Å². The van der Waals surface area contributed by atoms with Crippen molar-refractivity contribution in [2.75, 3.05) is 44.3 Å². The number of nitrogens with one attached hydrogen (secondary N) is 2. The Labute approximate surface area is 264 Å². The predicted molar refractivity (Wildman–Crippen MR) is 169 cm³/mol. The van der Waals surface area contributed by atoms with Crippen LogP contribution in [0.25, 0.3) is 0 Å². The molecule has 0 unspecified atom stereocenters. The van der Waals surface area contributed by atoms with Gasteiger partial charge in [-0.2, -0.15) is 0 Å². The molecule has 1 aliphatic rings. The molecule has 2 N–H and O–H groups in total. The summed E-state index contributed by atoms with van der Waals surface area (Å²) < 4.78 is 21.0. The predicted octanol–water partition coefficient (Wildman–Crippen LogP) is 5.83. The highest BCUT2D eigenvalue weighted by Gasteiger charge is 2.32. The highest BCUT2D eigenvalue weighted by atomic mass is 32.2. The van der Waals surface area contributed by atoms with Crippen LogP contribution in [0.2, 0.25) is 0 Å². The zero-order valence-electron chi connectivity index (χ0n) is 25.4. The minimum absolute atomic E-state index is 0.0558. The summed E-state index contributed by atoms with van der Waals surface area (Å²) in [5, 5.41) is 6.10. The molecule has 13 heteroatoms. The number of benzene rings is 2. The van der Waals surface area contributed by atoms with Gasteiger partial charge in [-0.05, 0) is 69.2 Å². The maximum Gasteiger partial charge on any atom is 0.410 e. The van der Waals surface area contributed by atoms with Gasteiger partial charge in [-0.3, -0.25) is 9.59 Å².